The minimum absolute atomic E-state index is 0.0733. The Morgan fingerprint density at radius 3 is 2.43 bits per heavy atom. The third kappa shape index (κ3) is 2.97. The number of rotatable bonds is 2. The number of carbonyl (C=O) groups excluding carboxylic acids is 1. The molecule has 2 aromatic carbocycles. The van der Waals surface area contributed by atoms with Crippen LogP contribution in [0.5, 0.6) is 0 Å². The minimum atomic E-state index is -0.311. The first kappa shape index (κ1) is 15.2. The van der Waals surface area contributed by atoms with Gasteiger partial charge in [0.25, 0.3) is 5.91 Å². The smallest absolute Gasteiger partial charge is 0.255 e. The lowest BCUT2D eigenvalue weighted by Crippen LogP contribution is -2.23. The molecule has 0 atom stereocenters. The molecule has 3 rings (SSSR count). The van der Waals surface area contributed by atoms with Crippen molar-refractivity contribution in [2.24, 2.45) is 0 Å². The second-order valence-electron chi connectivity index (χ2n) is 4.85. The highest BCUT2D eigenvalue weighted by molar-refractivity contribution is 5.99. The van der Waals surface area contributed by atoms with Crippen molar-refractivity contribution in [1.82, 2.24) is 4.90 Å². The van der Waals surface area contributed by atoms with Gasteiger partial charge in [0.2, 0.25) is 0 Å². The van der Waals surface area contributed by atoms with E-state index < -0.39 is 0 Å². The summed E-state index contributed by atoms with van der Waals surface area (Å²) in [4.78, 5) is 14.1. The maximum Gasteiger partial charge on any atom is 0.255 e. The molecule has 0 radical (unpaired) electrons. The van der Waals surface area contributed by atoms with Crippen LogP contribution >= 0.6 is 0 Å². The lowest BCUT2D eigenvalue weighted by atomic mass is 10.0. The summed E-state index contributed by atoms with van der Waals surface area (Å²) in [6.07, 6.45) is 0. The van der Waals surface area contributed by atoms with Crippen molar-refractivity contribution in [3.05, 3.63) is 70.5 Å². The molecule has 1 heterocycles. The number of amides is 1. The topological polar surface area (TPSA) is 20.3 Å². The lowest BCUT2D eigenvalue weighted by Gasteiger charge is -2.15. The highest BCUT2D eigenvalue weighted by atomic mass is 19.1. The molecule has 3 heteroatoms. The normalized spacial score (nSPS) is 12.8. The Bertz CT molecular complexity index is 637. The molecule has 0 spiro atoms. The third-order valence-electron chi connectivity index (χ3n) is 3.56. The zero-order valence-corrected chi connectivity index (χ0v) is 12.7. The number of benzene rings is 2. The first-order valence-corrected chi connectivity index (χ1v) is 7.28. The number of fused-ring (bicyclic) bond motifs is 1. The van der Waals surface area contributed by atoms with E-state index in [2.05, 4.69) is 0 Å². The predicted molar refractivity (Wildman–Crippen MR) is 82.5 cm³/mol. The molecular formula is C18H20FNO. The van der Waals surface area contributed by atoms with E-state index in [4.69, 9.17) is 0 Å². The molecule has 0 aromatic heterocycles. The molecule has 21 heavy (non-hydrogen) atoms. The number of halogens is 1. The largest absolute Gasteiger partial charge is 0.330 e. The molecule has 0 saturated heterocycles. The van der Waals surface area contributed by atoms with E-state index in [9.17, 15) is 9.18 Å². The Morgan fingerprint density at radius 1 is 1.10 bits per heavy atom. The van der Waals surface area contributed by atoms with Gasteiger partial charge in [0.1, 0.15) is 5.82 Å². The highest BCUT2D eigenvalue weighted by Gasteiger charge is 2.29. The van der Waals surface area contributed by atoms with Gasteiger partial charge in [-0.05, 0) is 29.7 Å². The number of hydrogen-bond donors (Lipinski definition) is 0. The SMILES string of the molecule is CC.Cc1c(F)ccc2c1C(=O)N(Cc1ccccc1)C2. The van der Waals surface area contributed by atoms with Crippen LogP contribution in [0, 0.1) is 12.7 Å². The predicted octanol–water partition coefficient (Wildman–Crippen LogP) is 4.32. The highest BCUT2D eigenvalue weighted by Crippen LogP contribution is 2.28. The monoisotopic (exact) mass is 285 g/mol. The maximum absolute atomic E-state index is 13.5. The summed E-state index contributed by atoms with van der Waals surface area (Å²) < 4.78 is 13.5. The average molecular weight is 285 g/mol. The van der Waals surface area contributed by atoms with Crippen molar-refractivity contribution < 1.29 is 9.18 Å². The maximum atomic E-state index is 13.5. The van der Waals surface area contributed by atoms with Crippen LogP contribution < -0.4 is 0 Å². The molecule has 1 aliphatic rings. The first-order chi connectivity index (χ1) is 10.2. The molecule has 2 nitrogen and oxygen atoms in total. The van der Waals surface area contributed by atoms with Crippen molar-refractivity contribution in [2.75, 3.05) is 0 Å². The summed E-state index contributed by atoms with van der Waals surface area (Å²) in [7, 11) is 0. The summed E-state index contributed by atoms with van der Waals surface area (Å²) >= 11 is 0. The summed E-state index contributed by atoms with van der Waals surface area (Å²) in [5.74, 6) is -0.385. The van der Waals surface area contributed by atoms with Crippen molar-refractivity contribution in [2.45, 2.75) is 33.9 Å². The van der Waals surface area contributed by atoms with E-state index in [1.165, 1.54) is 6.07 Å². The molecule has 0 N–H and O–H groups in total. The van der Waals surface area contributed by atoms with E-state index in [0.717, 1.165) is 11.1 Å². The van der Waals surface area contributed by atoms with Crippen LogP contribution in [-0.4, -0.2) is 10.8 Å². The van der Waals surface area contributed by atoms with Gasteiger partial charge in [-0.2, -0.15) is 0 Å². The molecule has 0 unspecified atom stereocenters. The van der Waals surface area contributed by atoms with Crippen LogP contribution in [0.3, 0.4) is 0 Å². The Balaban J connectivity index is 0.000000774. The van der Waals surface area contributed by atoms with Gasteiger partial charge in [0, 0.05) is 13.1 Å². The number of carbonyl (C=O) groups is 1. The number of hydrogen-bond acceptors (Lipinski definition) is 1. The lowest BCUT2D eigenvalue weighted by molar-refractivity contribution is 0.0766. The van der Waals surface area contributed by atoms with Gasteiger partial charge in [0.15, 0.2) is 0 Å². The molecular weight excluding hydrogens is 265 g/mol. The zero-order valence-electron chi connectivity index (χ0n) is 12.7. The van der Waals surface area contributed by atoms with E-state index >= 15 is 0 Å². The van der Waals surface area contributed by atoms with Gasteiger partial charge in [-0.25, -0.2) is 4.39 Å². The summed E-state index contributed by atoms with van der Waals surface area (Å²) in [5, 5.41) is 0. The van der Waals surface area contributed by atoms with Crippen LogP contribution in [-0.2, 0) is 13.1 Å². The molecule has 0 aliphatic carbocycles. The van der Waals surface area contributed by atoms with E-state index in [1.807, 2.05) is 44.2 Å². The molecule has 0 bridgehead atoms. The third-order valence-corrected chi connectivity index (χ3v) is 3.56. The average Bonchev–Trinajstić information content (AvgIpc) is 2.83. The van der Waals surface area contributed by atoms with Crippen molar-refractivity contribution >= 4 is 5.91 Å². The van der Waals surface area contributed by atoms with Crippen LogP contribution in [0.25, 0.3) is 0 Å². The van der Waals surface area contributed by atoms with E-state index in [-0.39, 0.29) is 11.7 Å². The molecule has 1 amide bonds. The standard InChI is InChI=1S/C16H14FNO.C2H6/c1-11-14(17)8-7-13-10-18(16(19)15(11)13)9-12-5-3-2-4-6-12;1-2/h2-8H,9-10H2,1H3;1-2H3. The van der Waals surface area contributed by atoms with Gasteiger partial charge in [-0.1, -0.05) is 50.2 Å². The first-order valence-electron chi connectivity index (χ1n) is 7.28. The van der Waals surface area contributed by atoms with E-state index in [0.29, 0.717) is 24.2 Å². The minimum Gasteiger partial charge on any atom is -0.330 e. The van der Waals surface area contributed by atoms with Crippen LogP contribution in [0.4, 0.5) is 4.39 Å². The quantitative estimate of drug-likeness (QED) is 0.805. The van der Waals surface area contributed by atoms with Gasteiger partial charge >= 0.3 is 0 Å². The van der Waals surface area contributed by atoms with Crippen LogP contribution in [0.1, 0.15) is 40.9 Å². The second-order valence-corrected chi connectivity index (χ2v) is 4.85. The van der Waals surface area contributed by atoms with Gasteiger partial charge in [-0.15, -0.1) is 0 Å². The fourth-order valence-corrected chi connectivity index (χ4v) is 2.54. The molecule has 110 valence electrons. The molecule has 0 fully saturated rings. The Morgan fingerprint density at radius 2 is 1.76 bits per heavy atom. The number of nitrogens with zero attached hydrogens (tertiary/aromatic N) is 1. The van der Waals surface area contributed by atoms with E-state index in [1.54, 1.807) is 17.9 Å². The summed E-state index contributed by atoms with van der Waals surface area (Å²) in [6.45, 7) is 6.79. The van der Waals surface area contributed by atoms with Crippen molar-refractivity contribution in [1.29, 1.82) is 0 Å². The zero-order chi connectivity index (χ0) is 15.4. The molecule has 2 aromatic rings. The fourth-order valence-electron chi connectivity index (χ4n) is 2.54. The van der Waals surface area contributed by atoms with Crippen molar-refractivity contribution in [3.63, 3.8) is 0 Å². The van der Waals surface area contributed by atoms with Crippen LogP contribution in [0.2, 0.25) is 0 Å². The molecule has 1 aliphatic heterocycles. The van der Waals surface area contributed by atoms with Crippen LogP contribution in [0.15, 0.2) is 42.5 Å². The fraction of sp³-hybridized carbons (Fsp3) is 0.278. The molecule has 0 saturated carbocycles. The Labute approximate surface area is 125 Å². The summed E-state index contributed by atoms with van der Waals surface area (Å²) in [5.41, 5.74) is 3.00. The van der Waals surface area contributed by atoms with Gasteiger partial charge in [-0.3, -0.25) is 4.79 Å². The second kappa shape index (κ2) is 6.53. The van der Waals surface area contributed by atoms with Gasteiger partial charge in [0.05, 0.1) is 5.56 Å². The van der Waals surface area contributed by atoms with Gasteiger partial charge < -0.3 is 4.90 Å². The Hall–Kier alpha value is -2.16. The van der Waals surface area contributed by atoms with Crippen molar-refractivity contribution in [3.8, 4) is 0 Å². The Kier molecular flexibility index (Phi) is 4.73. The summed E-state index contributed by atoms with van der Waals surface area (Å²) in [6, 6.07) is 13.0.